The molecule has 7 heteroatoms. The van der Waals surface area contributed by atoms with E-state index in [1.807, 2.05) is 70.5 Å². The number of nitrogens with zero attached hydrogens (tertiary/aromatic N) is 3. The summed E-state index contributed by atoms with van der Waals surface area (Å²) in [5, 5.41) is 0. The first-order valence-corrected chi connectivity index (χ1v) is 14.2. The summed E-state index contributed by atoms with van der Waals surface area (Å²) in [4.78, 5) is 33.3. The lowest BCUT2D eigenvalue weighted by molar-refractivity contribution is -0.134. The highest BCUT2D eigenvalue weighted by Crippen LogP contribution is 2.27. The molecule has 0 unspecified atom stereocenters. The van der Waals surface area contributed by atoms with Gasteiger partial charge in [0, 0.05) is 50.9 Å². The zero-order valence-corrected chi connectivity index (χ0v) is 23.9. The number of rotatable bonds is 8. The molecule has 3 aromatic rings. The molecule has 0 saturated heterocycles. The molecule has 0 fully saturated rings. The Labute approximate surface area is 238 Å². The van der Waals surface area contributed by atoms with Gasteiger partial charge >= 0.3 is 0 Å². The Morgan fingerprint density at radius 1 is 0.800 bits per heavy atom. The summed E-state index contributed by atoms with van der Waals surface area (Å²) in [6.45, 7) is 7.47. The van der Waals surface area contributed by atoms with Crippen molar-refractivity contribution in [2.75, 3.05) is 44.8 Å². The van der Waals surface area contributed by atoms with E-state index in [0.29, 0.717) is 50.0 Å². The molecule has 1 aliphatic heterocycles. The summed E-state index contributed by atoms with van der Waals surface area (Å²) >= 11 is 0. The van der Waals surface area contributed by atoms with Crippen molar-refractivity contribution in [3.8, 4) is 11.5 Å². The lowest BCUT2D eigenvalue weighted by Gasteiger charge is -2.30. The molecule has 1 heterocycles. The van der Waals surface area contributed by atoms with Crippen LogP contribution in [0.4, 0.5) is 5.69 Å². The highest BCUT2D eigenvalue weighted by molar-refractivity contribution is 5.94. The number of aryl methyl sites for hydroxylation is 1. The van der Waals surface area contributed by atoms with Crippen molar-refractivity contribution in [3.05, 3.63) is 90.0 Å². The number of hydrogen-bond acceptors (Lipinski definition) is 5. The van der Waals surface area contributed by atoms with E-state index >= 15 is 0 Å². The maximum Gasteiger partial charge on any atom is 0.260 e. The van der Waals surface area contributed by atoms with E-state index in [1.165, 1.54) is 0 Å². The van der Waals surface area contributed by atoms with E-state index in [-0.39, 0.29) is 18.4 Å². The molecule has 3 aromatic carbocycles. The zero-order chi connectivity index (χ0) is 28.3. The fourth-order valence-electron chi connectivity index (χ4n) is 5.09. The van der Waals surface area contributed by atoms with E-state index in [9.17, 15) is 9.59 Å². The number of anilines is 1. The van der Waals surface area contributed by atoms with E-state index in [0.717, 1.165) is 36.3 Å². The lowest BCUT2D eigenvalue weighted by Crippen LogP contribution is -2.42. The third-order valence-electron chi connectivity index (χ3n) is 7.40. The van der Waals surface area contributed by atoms with Gasteiger partial charge in [0.2, 0.25) is 5.91 Å². The van der Waals surface area contributed by atoms with Crippen molar-refractivity contribution in [1.29, 1.82) is 0 Å². The third kappa shape index (κ3) is 7.85. The topological polar surface area (TPSA) is 62.3 Å². The Kier molecular flexibility index (Phi) is 10.6. The summed E-state index contributed by atoms with van der Waals surface area (Å²) in [7, 11) is 1.59. The van der Waals surface area contributed by atoms with Crippen LogP contribution in [0.3, 0.4) is 0 Å². The van der Waals surface area contributed by atoms with Gasteiger partial charge in [0.05, 0.1) is 7.11 Å². The molecule has 7 nitrogen and oxygen atoms in total. The molecule has 4 rings (SSSR count). The van der Waals surface area contributed by atoms with Crippen LogP contribution in [0.2, 0.25) is 0 Å². The van der Waals surface area contributed by atoms with Gasteiger partial charge in [0.15, 0.2) is 18.1 Å². The van der Waals surface area contributed by atoms with Crippen LogP contribution in [0.25, 0.3) is 0 Å². The summed E-state index contributed by atoms with van der Waals surface area (Å²) in [6.07, 6.45) is 1.98. The van der Waals surface area contributed by atoms with Crippen molar-refractivity contribution in [2.24, 2.45) is 0 Å². The summed E-state index contributed by atoms with van der Waals surface area (Å²) in [5.41, 5.74) is 2.99. The number of hydrogen-bond donors (Lipinski definition) is 0. The minimum atomic E-state index is -0.106. The average molecular weight is 544 g/mol. The van der Waals surface area contributed by atoms with Gasteiger partial charge < -0.3 is 19.3 Å². The molecule has 0 bridgehead atoms. The standard InChI is InChI=1S/C33H41N3O4/c1-26(2)34-20-11-21-36(32(37)19-18-27-12-5-4-6-13-27)29-15-8-7-14-28(29)24-35(23-22-34)33(38)25-40-31-17-10-9-16-30(31)39-3/h4-10,12-17,26H,11,18-25H2,1-3H3. The molecule has 0 atom stereocenters. The normalized spacial score (nSPS) is 14.8. The molecule has 40 heavy (non-hydrogen) atoms. The van der Waals surface area contributed by atoms with Crippen LogP contribution in [0.15, 0.2) is 78.9 Å². The quantitative estimate of drug-likeness (QED) is 0.392. The van der Waals surface area contributed by atoms with E-state index in [2.05, 4.69) is 30.9 Å². The van der Waals surface area contributed by atoms with Crippen LogP contribution in [-0.4, -0.2) is 67.6 Å². The zero-order valence-electron chi connectivity index (χ0n) is 23.9. The second-order valence-electron chi connectivity index (χ2n) is 10.4. The molecule has 0 N–H and O–H groups in total. The van der Waals surface area contributed by atoms with Crippen molar-refractivity contribution in [2.45, 2.75) is 45.7 Å². The predicted molar refractivity (Wildman–Crippen MR) is 159 cm³/mol. The van der Waals surface area contributed by atoms with Crippen molar-refractivity contribution in [3.63, 3.8) is 0 Å². The van der Waals surface area contributed by atoms with E-state index in [1.54, 1.807) is 13.2 Å². The number of fused-ring (bicyclic) bond motifs is 1. The summed E-state index contributed by atoms with van der Waals surface area (Å²) < 4.78 is 11.3. The second kappa shape index (κ2) is 14.5. The van der Waals surface area contributed by atoms with Gasteiger partial charge in [-0.05, 0) is 56.0 Å². The highest BCUT2D eigenvalue weighted by Gasteiger charge is 2.24. The molecule has 0 aromatic heterocycles. The molecule has 0 radical (unpaired) electrons. The number of carbonyl (C=O) groups excluding carboxylic acids is 2. The number of benzene rings is 3. The highest BCUT2D eigenvalue weighted by atomic mass is 16.5. The molecule has 212 valence electrons. The van der Waals surface area contributed by atoms with Gasteiger partial charge in [-0.1, -0.05) is 60.7 Å². The number of methoxy groups -OCH3 is 1. The maximum absolute atomic E-state index is 13.6. The van der Waals surface area contributed by atoms with Crippen LogP contribution < -0.4 is 14.4 Å². The Morgan fingerprint density at radius 3 is 2.25 bits per heavy atom. The molecule has 2 amide bonds. The predicted octanol–water partition coefficient (Wildman–Crippen LogP) is 5.18. The van der Waals surface area contributed by atoms with E-state index < -0.39 is 0 Å². The average Bonchev–Trinajstić information content (AvgIpc) is 3.02. The first-order valence-electron chi connectivity index (χ1n) is 14.2. The minimum absolute atomic E-state index is 0.0933. The van der Waals surface area contributed by atoms with Crippen LogP contribution in [0.5, 0.6) is 11.5 Å². The molecular weight excluding hydrogens is 502 g/mol. The van der Waals surface area contributed by atoms with Crippen molar-refractivity contribution < 1.29 is 19.1 Å². The third-order valence-corrected chi connectivity index (χ3v) is 7.40. The second-order valence-corrected chi connectivity index (χ2v) is 10.4. The molecule has 1 aliphatic rings. The van der Waals surface area contributed by atoms with Gasteiger partial charge in [0.25, 0.3) is 5.91 Å². The fraction of sp³-hybridized carbons (Fsp3) is 0.394. The van der Waals surface area contributed by atoms with Gasteiger partial charge in [-0.15, -0.1) is 0 Å². The number of para-hydroxylation sites is 3. The van der Waals surface area contributed by atoms with Gasteiger partial charge in [-0.2, -0.15) is 0 Å². The molecular formula is C33H41N3O4. The maximum atomic E-state index is 13.6. The Morgan fingerprint density at radius 2 is 1.50 bits per heavy atom. The molecule has 0 saturated carbocycles. The van der Waals surface area contributed by atoms with Crippen LogP contribution in [-0.2, 0) is 22.6 Å². The summed E-state index contributed by atoms with van der Waals surface area (Å²) in [6, 6.07) is 25.7. The molecule has 0 spiro atoms. The van der Waals surface area contributed by atoms with Crippen LogP contribution in [0, 0.1) is 0 Å². The molecule has 0 aliphatic carbocycles. The van der Waals surface area contributed by atoms with E-state index in [4.69, 9.17) is 9.47 Å². The largest absolute Gasteiger partial charge is 0.493 e. The van der Waals surface area contributed by atoms with Crippen molar-refractivity contribution in [1.82, 2.24) is 9.80 Å². The number of ether oxygens (including phenoxy) is 2. The number of carbonyl (C=O) groups is 2. The van der Waals surface area contributed by atoms with Gasteiger partial charge in [-0.25, -0.2) is 0 Å². The number of amides is 2. The monoisotopic (exact) mass is 543 g/mol. The van der Waals surface area contributed by atoms with Crippen molar-refractivity contribution >= 4 is 17.5 Å². The van der Waals surface area contributed by atoms with Gasteiger partial charge in [0.1, 0.15) is 0 Å². The first kappa shape index (κ1) is 29.2. The lowest BCUT2D eigenvalue weighted by atomic mass is 10.1. The van der Waals surface area contributed by atoms with Gasteiger partial charge in [-0.3, -0.25) is 14.5 Å². The smallest absolute Gasteiger partial charge is 0.260 e. The van der Waals surface area contributed by atoms with Crippen LogP contribution >= 0.6 is 0 Å². The summed E-state index contributed by atoms with van der Waals surface area (Å²) in [5.74, 6) is 1.12. The fourth-order valence-corrected chi connectivity index (χ4v) is 5.09. The Balaban J connectivity index is 1.56. The Hall–Kier alpha value is -3.84. The minimum Gasteiger partial charge on any atom is -0.493 e. The first-order chi connectivity index (χ1) is 19.5. The van der Waals surface area contributed by atoms with Crippen LogP contribution in [0.1, 0.15) is 37.8 Å². The SMILES string of the molecule is COc1ccccc1OCC(=O)N1CCN(C(C)C)CCCN(C(=O)CCc2ccccc2)c2ccccc2C1. The Bertz CT molecular complexity index is 1250.